The molecule has 0 aliphatic carbocycles. The van der Waals surface area contributed by atoms with Crippen LogP contribution in [0.2, 0.25) is 5.02 Å². The Hall–Kier alpha value is -1.53. The molecular formula is C13H13ClN2O. The number of amides is 1. The molecule has 0 aromatic heterocycles. The lowest BCUT2D eigenvalue weighted by atomic mass is 9.98. The highest BCUT2D eigenvalue weighted by Crippen LogP contribution is 2.19. The second-order valence-electron chi connectivity index (χ2n) is 4.27. The lowest BCUT2D eigenvalue weighted by Crippen LogP contribution is -2.38. The number of hydrogen-bond acceptors (Lipinski definition) is 2. The summed E-state index contributed by atoms with van der Waals surface area (Å²) in [6, 6.07) is 9.68. The summed E-state index contributed by atoms with van der Waals surface area (Å²) in [7, 11) is 0. The van der Waals surface area contributed by atoms with Crippen molar-refractivity contribution in [1.82, 2.24) is 4.90 Å². The van der Waals surface area contributed by atoms with E-state index < -0.39 is 0 Å². The largest absolute Gasteiger partial charge is 0.337 e. The molecule has 1 saturated heterocycles. The molecule has 1 aromatic carbocycles. The predicted molar refractivity (Wildman–Crippen MR) is 65.2 cm³/mol. The van der Waals surface area contributed by atoms with Gasteiger partial charge in [0.05, 0.1) is 12.0 Å². The second-order valence-corrected chi connectivity index (χ2v) is 4.70. The number of nitriles is 1. The number of benzene rings is 1. The summed E-state index contributed by atoms with van der Waals surface area (Å²) >= 11 is 5.81. The van der Waals surface area contributed by atoms with E-state index in [1.807, 2.05) is 24.3 Å². The van der Waals surface area contributed by atoms with Gasteiger partial charge in [0.25, 0.3) is 0 Å². The molecule has 4 heteroatoms. The minimum atomic E-state index is -0.0278. The molecule has 1 atom stereocenters. The Morgan fingerprint density at radius 2 is 2.12 bits per heavy atom. The molecule has 0 spiro atoms. The topological polar surface area (TPSA) is 44.1 Å². The van der Waals surface area contributed by atoms with Crippen molar-refractivity contribution in [1.29, 1.82) is 5.26 Å². The van der Waals surface area contributed by atoms with Crippen molar-refractivity contribution in [3.8, 4) is 6.07 Å². The normalized spacial score (nSPS) is 20.1. The number of rotatable bonds is 2. The number of carbonyl (C=O) groups excluding carboxylic acids is 1. The van der Waals surface area contributed by atoms with Crippen LogP contribution in [-0.4, -0.2) is 17.4 Å². The third-order valence-electron chi connectivity index (χ3n) is 2.97. The second kappa shape index (κ2) is 5.20. The molecule has 1 heterocycles. The summed E-state index contributed by atoms with van der Waals surface area (Å²) in [4.78, 5) is 13.5. The summed E-state index contributed by atoms with van der Waals surface area (Å²) in [6.45, 7) is 1.10. The van der Waals surface area contributed by atoms with E-state index in [2.05, 4.69) is 6.07 Å². The molecular weight excluding hydrogens is 236 g/mol. The van der Waals surface area contributed by atoms with Gasteiger partial charge in [-0.15, -0.1) is 0 Å². The quantitative estimate of drug-likeness (QED) is 0.808. The number of halogens is 1. The zero-order valence-corrected chi connectivity index (χ0v) is 10.2. The maximum atomic E-state index is 11.7. The van der Waals surface area contributed by atoms with Gasteiger partial charge in [-0.2, -0.15) is 5.26 Å². The van der Waals surface area contributed by atoms with Crippen LogP contribution in [-0.2, 0) is 11.3 Å². The van der Waals surface area contributed by atoms with Crippen LogP contribution in [0.5, 0.6) is 0 Å². The van der Waals surface area contributed by atoms with Crippen LogP contribution in [0, 0.1) is 17.2 Å². The van der Waals surface area contributed by atoms with Crippen molar-refractivity contribution >= 4 is 17.5 Å². The van der Waals surface area contributed by atoms with Crippen LogP contribution in [0.25, 0.3) is 0 Å². The average Bonchev–Trinajstić information content (AvgIpc) is 2.35. The number of piperidine rings is 1. The minimum Gasteiger partial charge on any atom is -0.337 e. The number of nitrogens with zero attached hydrogens (tertiary/aromatic N) is 2. The van der Waals surface area contributed by atoms with Gasteiger partial charge in [0.2, 0.25) is 5.91 Å². The highest BCUT2D eigenvalue weighted by atomic mass is 35.5. The van der Waals surface area contributed by atoms with E-state index in [-0.39, 0.29) is 11.8 Å². The van der Waals surface area contributed by atoms with Gasteiger partial charge in [-0.1, -0.05) is 23.7 Å². The summed E-state index contributed by atoms with van der Waals surface area (Å²) in [5.41, 5.74) is 1.04. The van der Waals surface area contributed by atoms with Crippen molar-refractivity contribution in [2.24, 2.45) is 5.92 Å². The Bertz CT molecular complexity index is 449. The molecule has 1 fully saturated rings. The van der Waals surface area contributed by atoms with E-state index in [0.717, 1.165) is 5.56 Å². The standard InChI is InChI=1S/C13H13ClN2O/c14-12-4-1-10(2-5-12)8-16-9-11(7-15)3-6-13(16)17/h1-2,4-5,11H,3,6,8-9H2. The molecule has 1 unspecified atom stereocenters. The lowest BCUT2D eigenvalue weighted by Gasteiger charge is -2.29. The van der Waals surface area contributed by atoms with Gasteiger partial charge in [0, 0.05) is 24.5 Å². The molecule has 2 rings (SSSR count). The van der Waals surface area contributed by atoms with E-state index in [9.17, 15) is 4.79 Å². The van der Waals surface area contributed by atoms with E-state index in [1.54, 1.807) is 4.90 Å². The van der Waals surface area contributed by atoms with Gasteiger partial charge in [-0.3, -0.25) is 4.79 Å². The minimum absolute atomic E-state index is 0.0278. The summed E-state index contributed by atoms with van der Waals surface area (Å²) in [5, 5.41) is 9.58. The fraction of sp³-hybridized carbons (Fsp3) is 0.385. The number of hydrogen-bond donors (Lipinski definition) is 0. The first-order valence-electron chi connectivity index (χ1n) is 5.61. The maximum Gasteiger partial charge on any atom is 0.222 e. The summed E-state index contributed by atoms with van der Waals surface area (Å²) in [5.74, 6) is 0.103. The first-order chi connectivity index (χ1) is 8.19. The average molecular weight is 249 g/mol. The van der Waals surface area contributed by atoms with Crippen molar-refractivity contribution in [3.63, 3.8) is 0 Å². The van der Waals surface area contributed by atoms with Crippen molar-refractivity contribution < 1.29 is 4.79 Å². The summed E-state index contributed by atoms with van der Waals surface area (Å²) < 4.78 is 0. The number of likely N-dealkylation sites (tertiary alicyclic amines) is 1. The molecule has 0 radical (unpaired) electrons. The van der Waals surface area contributed by atoms with Gasteiger partial charge in [0.15, 0.2) is 0 Å². The highest BCUT2D eigenvalue weighted by Gasteiger charge is 2.25. The predicted octanol–water partition coefficient (Wildman–Crippen LogP) is 2.60. The fourth-order valence-corrected chi connectivity index (χ4v) is 2.11. The molecule has 1 aliphatic heterocycles. The van der Waals surface area contributed by atoms with E-state index in [4.69, 9.17) is 16.9 Å². The van der Waals surface area contributed by atoms with Gasteiger partial charge in [0.1, 0.15) is 0 Å². The highest BCUT2D eigenvalue weighted by molar-refractivity contribution is 6.30. The fourth-order valence-electron chi connectivity index (χ4n) is 1.98. The van der Waals surface area contributed by atoms with Crippen LogP contribution < -0.4 is 0 Å². The van der Waals surface area contributed by atoms with Gasteiger partial charge in [-0.05, 0) is 24.1 Å². The molecule has 17 heavy (non-hydrogen) atoms. The molecule has 3 nitrogen and oxygen atoms in total. The monoisotopic (exact) mass is 248 g/mol. The summed E-state index contributed by atoms with van der Waals surface area (Å²) in [6.07, 6.45) is 1.16. The maximum absolute atomic E-state index is 11.7. The number of carbonyl (C=O) groups is 1. The van der Waals surface area contributed by atoms with Crippen molar-refractivity contribution in [2.75, 3.05) is 6.54 Å². The van der Waals surface area contributed by atoms with Crippen LogP contribution in [0.3, 0.4) is 0 Å². The first-order valence-corrected chi connectivity index (χ1v) is 5.98. The Morgan fingerprint density at radius 1 is 1.41 bits per heavy atom. The van der Waals surface area contributed by atoms with Gasteiger partial charge >= 0.3 is 0 Å². The zero-order chi connectivity index (χ0) is 12.3. The van der Waals surface area contributed by atoms with Crippen LogP contribution in [0.15, 0.2) is 24.3 Å². The van der Waals surface area contributed by atoms with Crippen LogP contribution >= 0.6 is 11.6 Å². The molecule has 1 aliphatic rings. The van der Waals surface area contributed by atoms with Gasteiger partial charge in [-0.25, -0.2) is 0 Å². The SMILES string of the molecule is N#CC1CCC(=O)N(Cc2ccc(Cl)cc2)C1. The smallest absolute Gasteiger partial charge is 0.222 e. The Morgan fingerprint density at radius 3 is 2.76 bits per heavy atom. The van der Waals surface area contributed by atoms with Crippen LogP contribution in [0.4, 0.5) is 0 Å². The first kappa shape index (κ1) is 11.9. The third-order valence-corrected chi connectivity index (χ3v) is 3.22. The third kappa shape index (κ3) is 2.98. The Kier molecular flexibility index (Phi) is 3.65. The molecule has 0 bridgehead atoms. The zero-order valence-electron chi connectivity index (χ0n) is 9.40. The molecule has 1 amide bonds. The molecule has 0 N–H and O–H groups in total. The Labute approximate surface area is 106 Å². The van der Waals surface area contributed by atoms with Crippen molar-refractivity contribution in [3.05, 3.63) is 34.9 Å². The molecule has 88 valence electrons. The Balaban J connectivity index is 2.04. The van der Waals surface area contributed by atoms with E-state index in [1.165, 1.54) is 0 Å². The molecule has 0 saturated carbocycles. The lowest BCUT2D eigenvalue weighted by molar-refractivity contribution is -0.134. The van der Waals surface area contributed by atoms with Crippen LogP contribution in [0.1, 0.15) is 18.4 Å². The van der Waals surface area contributed by atoms with Gasteiger partial charge < -0.3 is 4.90 Å². The van der Waals surface area contributed by atoms with E-state index in [0.29, 0.717) is 31.0 Å². The van der Waals surface area contributed by atoms with E-state index >= 15 is 0 Å². The van der Waals surface area contributed by atoms with Crippen molar-refractivity contribution in [2.45, 2.75) is 19.4 Å². The molecule has 1 aromatic rings.